The van der Waals surface area contributed by atoms with E-state index in [0.29, 0.717) is 13.1 Å². The predicted molar refractivity (Wildman–Crippen MR) is 64.1 cm³/mol. The molecule has 96 valence electrons. The minimum Gasteiger partial charge on any atom is -0.469 e. The van der Waals surface area contributed by atoms with Crippen LogP contribution in [0, 0.1) is 11.3 Å². The Morgan fingerprint density at radius 3 is 2.38 bits per heavy atom. The van der Waals surface area contributed by atoms with Gasteiger partial charge in [-0.1, -0.05) is 27.7 Å². The smallest absolute Gasteiger partial charge is 0.309 e. The lowest BCUT2D eigenvalue weighted by atomic mass is 9.89. The average Bonchev–Trinajstić information content (AvgIpc) is 2.13. The Hall–Kier alpha value is -0.610. The van der Waals surface area contributed by atoms with Crippen molar-refractivity contribution in [3.63, 3.8) is 0 Å². The third-order valence-corrected chi connectivity index (χ3v) is 2.28. The molecule has 16 heavy (non-hydrogen) atoms. The molecular formula is C12H25NO3. The zero-order valence-electron chi connectivity index (χ0n) is 11.0. The minimum atomic E-state index is -0.371. The highest BCUT2D eigenvalue weighted by molar-refractivity contribution is 5.71. The first-order valence-corrected chi connectivity index (χ1v) is 5.73. The Morgan fingerprint density at radius 1 is 1.38 bits per heavy atom. The first kappa shape index (κ1) is 15.4. The molecule has 2 N–H and O–H groups in total. The summed E-state index contributed by atoms with van der Waals surface area (Å²) < 4.78 is 4.61. The maximum absolute atomic E-state index is 11.1. The quantitative estimate of drug-likeness (QED) is 0.674. The second kappa shape index (κ2) is 6.86. The van der Waals surface area contributed by atoms with Crippen LogP contribution in [0.25, 0.3) is 0 Å². The molecule has 0 radical (unpaired) electrons. The first-order valence-electron chi connectivity index (χ1n) is 5.73. The summed E-state index contributed by atoms with van der Waals surface area (Å²) >= 11 is 0. The van der Waals surface area contributed by atoms with Crippen LogP contribution in [0.15, 0.2) is 0 Å². The summed E-state index contributed by atoms with van der Waals surface area (Å²) in [6, 6.07) is 0. The Morgan fingerprint density at radius 2 is 1.94 bits per heavy atom. The van der Waals surface area contributed by atoms with Crippen LogP contribution in [0.2, 0.25) is 0 Å². The van der Waals surface area contributed by atoms with E-state index >= 15 is 0 Å². The Labute approximate surface area is 98.4 Å². The van der Waals surface area contributed by atoms with Gasteiger partial charge in [-0.2, -0.15) is 0 Å². The Bertz CT molecular complexity index is 211. The van der Waals surface area contributed by atoms with E-state index in [4.69, 9.17) is 0 Å². The van der Waals surface area contributed by atoms with Gasteiger partial charge in [0.05, 0.1) is 19.1 Å². The number of aliphatic hydroxyl groups excluding tert-OH is 1. The molecular weight excluding hydrogens is 206 g/mol. The number of esters is 1. The Kier molecular flexibility index (Phi) is 6.60. The molecule has 0 aliphatic heterocycles. The second-order valence-electron chi connectivity index (χ2n) is 5.50. The summed E-state index contributed by atoms with van der Waals surface area (Å²) in [6.45, 7) is 9.12. The monoisotopic (exact) mass is 231 g/mol. The standard InChI is InChI=1S/C12H25NO3/c1-9(11(15)16-5)7-13-8-10(14)6-12(2,3)4/h9-10,13-14H,6-8H2,1-5H3. The van der Waals surface area contributed by atoms with Crippen molar-refractivity contribution in [2.45, 2.75) is 40.2 Å². The Balaban J connectivity index is 3.70. The number of methoxy groups -OCH3 is 1. The van der Waals surface area contributed by atoms with Crippen LogP contribution < -0.4 is 5.32 Å². The lowest BCUT2D eigenvalue weighted by Crippen LogP contribution is -2.34. The molecule has 4 heteroatoms. The topological polar surface area (TPSA) is 58.6 Å². The molecule has 0 spiro atoms. The average molecular weight is 231 g/mol. The van der Waals surface area contributed by atoms with Crippen molar-refractivity contribution in [3.8, 4) is 0 Å². The SMILES string of the molecule is COC(=O)C(C)CNCC(O)CC(C)(C)C. The fraction of sp³-hybridized carbons (Fsp3) is 0.917. The van der Waals surface area contributed by atoms with E-state index in [9.17, 15) is 9.90 Å². The maximum Gasteiger partial charge on any atom is 0.309 e. The highest BCUT2D eigenvalue weighted by Gasteiger charge is 2.17. The van der Waals surface area contributed by atoms with Crippen LogP contribution in [0.1, 0.15) is 34.1 Å². The predicted octanol–water partition coefficient (Wildman–Crippen LogP) is 1.18. The number of ether oxygens (including phenoxy) is 1. The van der Waals surface area contributed by atoms with Gasteiger partial charge in [0.1, 0.15) is 0 Å². The summed E-state index contributed by atoms with van der Waals surface area (Å²) in [5.74, 6) is -0.398. The summed E-state index contributed by atoms with van der Waals surface area (Å²) in [5.41, 5.74) is 0.120. The molecule has 0 heterocycles. The highest BCUT2D eigenvalue weighted by atomic mass is 16.5. The normalized spacial score (nSPS) is 15.6. The number of hydrogen-bond donors (Lipinski definition) is 2. The van der Waals surface area contributed by atoms with E-state index in [-0.39, 0.29) is 23.4 Å². The lowest BCUT2D eigenvalue weighted by molar-refractivity contribution is -0.144. The third kappa shape index (κ3) is 7.65. The van der Waals surface area contributed by atoms with Crippen molar-refractivity contribution >= 4 is 5.97 Å². The van der Waals surface area contributed by atoms with Crippen LogP contribution in [0.5, 0.6) is 0 Å². The van der Waals surface area contributed by atoms with Crippen LogP contribution in [0.4, 0.5) is 0 Å². The number of hydrogen-bond acceptors (Lipinski definition) is 4. The number of carbonyl (C=O) groups excluding carboxylic acids is 1. The van der Waals surface area contributed by atoms with E-state index < -0.39 is 0 Å². The van der Waals surface area contributed by atoms with Crippen molar-refractivity contribution in [2.75, 3.05) is 20.2 Å². The van der Waals surface area contributed by atoms with Gasteiger partial charge in [0, 0.05) is 13.1 Å². The van der Waals surface area contributed by atoms with Gasteiger partial charge in [-0.25, -0.2) is 0 Å². The molecule has 4 nitrogen and oxygen atoms in total. The molecule has 0 aliphatic carbocycles. The molecule has 0 aromatic heterocycles. The van der Waals surface area contributed by atoms with Gasteiger partial charge in [-0.05, 0) is 11.8 Å². The van der Waals surface area contributed by atoms with E-state index in [1.807, 2.05) is 0 Å². The fourth-order valence-electron chi connectivity index (χ4n) is 1.53. The van der Waals surface area contributed by atoms with Gasteiger partial charge in [-0.15, -0.1) is 0 Å². The molecule has 0 saturated carbocycles. The van der Waals surface area contributed by atoms with Crippen LogP contribution in [-0.2, 0) is 9.53 Å². The van der Waals surface area contributed by atoms with E-state index in [2.05, 4.69) is 30.8 Å². The molecule has 2 atom stereocenters. The zero-order valence-corrected chi connectivity index (χ0v) is 11.0. The fourth-order valence-corrected chi connectivity index (χ4v) is 1.53. The number of nitrogens with one attached hydrogen (secondary N) is 1. The molecule has 0 aliphatic rings. The van der Waals surface area contributed by atoms with Crippen LogP contribution in [0.3, 0.4) is 0 Å². The van der Waals surface area contributed by atoms with Gasteiger partial charge in [0.25, 0.3) is 0 Å². The summed E-state index contributed by atoms with van der Waals surface area (Å²) in [6.07, 6.45) is 0.372. The van der Waals surface area contributed by atoms with Crippen LogP contribution >= 0.6 is 0 Å². The number of aliphatic hydroxyl groups is 1. The molecule has 0 bridgehead atoms. The minimum absolute atomic E-state index is 0.120. The molecule has 0 rings (SSSR count). The lowest BCUT2D eigenvalue weighted by Gasteiger charge is -2.22. The summed E-state index contributed by atoms with van der Waals surface area (Å²) in [5, 5.41) is 12.8. The van der Waals surface area contributed by atoms with Gasteiger partial charge >= 0.3 is 5.97 Å². The van der Waals surface area contributed by atoms with Crippen molar-refractivity contribution < 1.29 is 14.6 Å². The van der Waals surface area contributed by atoms with Gasteiger partial charge in [0.2, 0.25) is 0 Å². The second-order valence-corrected chi connectivity index (χ2v) is 5.50. The van der Waals surface area contributed by atoms with Crippen molar-refractivity contribution in [3.05, 3.63) is 0 Å². The van der Waals surface area contributed by atoms with E-state index in [1.165, 1.54) is 7.11 Å². The summed E-state index contributed by atoms with van der Waals surface area (Å²) in [4.78, 5) is 11.1. The molecule has 0 aromatic carbocycles. The molecule has 0 aromatic rings. The van der Waals surface area contributed by atoms with Gasteiger partial charge in [0.15, 0.2) is 0 Å². The highest BCUT2D eigenvalue weighted by Crippen LogP contribution is 2.20. The van der Waals surface area contributed by atoms with E-state index in [0.717, 1.165) is 6.42 Å². The molecule has 2 unspecified atom stereocenters. The molecule has 0 fully saturated rings. The first-order chi connectivity index (χ1) is 7.26. The molecule has 0 saturated heterocycles. The maximum atomic E-state index is 11.1. The third-order valence-electron chi connectivity index (χ3n) is 2.28. The van der Waals surface area contributed by atoms with Crippen LogP contribution in [-0.4, -0.2) is 37.4 Å². The van der Waals surface area contributed by atoms with Crippen molar-refractivity contribution in [1.29, 1.82) is 0 Å². The number of carbonyl (C=O) groups is 1. The van der Waals surface area contributed by atoms with Gasteiger partial charge < -0.3 is 15.2 Å². The zero-order chi connectivity index (χ0) is 12.8. The largest absolute Gasteiger partial charge is 0.469 e. The number of rotatable bonds is 6. The van der Waals surface area contributed by atoms with Crippen molar-refractivity contribution in [2.24, 2.45) is 11.3 Å². The van der Waals surface area contributed by atoms with Crippen molar-refractivity contribution in [1.82, 2.24) is 5.32 Å². The summed E-state index contributed by atoms with van der Waals surface area (Å²) in [7, 11) is 1.38. The molecule has 0 amide bonds. The van der Waals surface area contributed by atoms with E-state index in [1.54, 1.807) is 6.92 Å². The van der Waals surface area contributed by atoms with Gasteiger partial charge in [-0.3, -0.25) is 4.79 Å².